The minimum absolute atomic E-state index is 0.149. The highest BCUT2D eigenvalue weighted by Gasteiger charge is 2.41. The average molecular weight is 409 g/mol. The predicted molar refractivity (Wildman–Crippen MR) is 105 cm³/mol. The first-order valence-corrected chi connectivity index (χ1v) is 10.2. The van der Waals surface area contributed by atoms with E-state index in [1.54, 1.807) is 41.0 Å². The third-order valence-electron chi connectivity index (χ3n) is 4.13. The molecule has 1 heterocycles. The fraction of sp³-hybridized carbons (Fsp3) is 0.158. The molecular weight excluding hydrogens is 391 g/mol. The number of sulfonamides is 1. The number of hydrogen-bond donors (Lipinski definition) is 1. The van der Waals surface area contributed by atoms with Crippen molar-refractivity contribution in [2.75, 3.05) is 0 Å². The number of aryl methyl sites for hydroxylation is 1. The van der Waals surface area contributed by atoms with Gasteiger partial charge in [0.25, 0.3) is 0 Å². The van der Waals surface area contributed by atoms with Crippen LogP contribution in [0.4, 0.5) is 0 Å². The van der Waals surface area contributed by atoms with Gasteiger partial charge < -0.3 is 4.57 Å². The van der Waals surface area contributed by atoms with E-state index < -0.39 is 20.4 Å². The van der Waals surface area contributed by atoms with Crippen LogP contribution in [-0.2, 0) is 21.4 Å². The molecule has 0 saturated carbocycles. The number of hydrogen-bond acceptors (Lipinski definition) is 2. The maximum Gasteiger partial charge on any atom is 0.241 e. The van der Waals surface area contributed by atoms with Gasteiger partial charge in [0.1, 0.15) is 0 Å². The first-order valence-electron chi connectivity index (χ1n) is 7.94. The van der Waals surface area contributed by atoms with Crippen molar-refractivity contribution in [2.45, 2.75) is 15.3 Å². The second kappa shape index (κ2) is 7.45. The van der Waals surface area contributed by atoms with E-state index in [9.17, 15) is 8.42 Å². The zero-order valence-corrected chi connectivity index (χ0v) is 16.3. The number of halogens is 2. The number of alkyl halides is 2. The van der Waals surface area contributed by atoms with Crippen LogP contribution in [0.3, 0.4) is 0 Å². The summed E-state index contributed by atoms with van der Waals surface area (Å²) in [6.45, 7) is 0. The molecule has 1 unspecified atom stereocenters. The lowest BCUT2D eigenvalue weighted by Gasteiger charge is -2.31. The zero-order valence-electron chi connectivity index (χ0n) is 14.0. The number of aromatic nitrogens is 1. The van der Waals surface area contributed by atoms with Gasteiger partial charge in [0.2, 0.25) is 10.0 Å². The van der Waals surface area contributed by atoms with Gasteiger partial charge >= 0.3 is 0 Å². The molecule has 136 valence electrons. The highest BCUT2D eigenvalue weighted by atomic mass is 35.5. The summed E-state index contributed by atoms with van der Waals surface area (Å²) in [7, 11) is -2.01. The van der Waals surface area contributed by atoms with Crippen LogP contribution in [0.25, 0.3) is 0 Å². The van der Waals surface area contributed by atoms with E-state index in [4.69, 9.17) is 23.2 Å². The fourth-order valence-electron chi connectivity index (χ4n) is 2.74. The first-order chi connectivity index (χ1) is 12.3. The van der Waals surface area contributed by atoms with Gasteiger partial charge in [-0.15, -0.1) is 0 Å². The molecule has 0 spiro atoms. The first kappa shape index (κ1) is 19.0. The van der Waals surface area contributed by atoms with E-state index in [0.29, 0.717) is 11.3 Å². The Morgan fingerprint density at radius 3 is 2.04 bits per heavy atom. The van der Waals surface area contributed by atoms with Crippen molar-refractivity contribution >= 4 is 33.2 Å². The Morgan fingerprint density at radius 2 is 1.50 bits per heavy atom. The lowest BCUT2D eigenvalue weighted by atomic mass is 10.0. The van der Waals surface area contributed by atoms with Gasteiger partial charge in [-0.05, 0) is 29.8 Å². The van der Waals surface area contributed by atoms with Crippen LogP contribution in [0.2, 0.25) is 0 Å². The monoisotopic (exact) mass is 408 g/mol. The van der Waals surface area contributed by atoms with Crippen LogP contribution in [0.5, 0.6) is 0 Å². The molecule has 1 atom stereocenters. The Labute approximate surface area is 163 Å². The number of nitrogens with one attached hydrogen (secondary N) is 1. The molecule has 0 saturated heterocycles. The van der Waals surface area contributed by atoms with Crippen molar-refractivity contribution in [1.82, 2.24) is 9.29 Å². The highest BCUT2D eigenvalue weighted by molar-refractivity contribution is 7.89. The molecule has 4 nitrogen and oxygen atoms in total. The molecule has 0 aliphatic carbocycles. The van der Waals surface area contributed by atoms with Crippen LogP contribution >= 0.6 is 23.2 Å². The molecular formula is C19H18Cl2N2O2S. The van der Waals surface area contributed by atoms with Gasteiger partial charge in [0.05, 0.1) is 10.9 Å². The summed E-state index contributed by atoms with van der Waals surface area (Å²) < 4.78 is 28.7. The Balaban J connectivity index is 2.07. The number of benzene rings is 2. The molecule has 7 heteroatoms. The van der Waals surface area contributed by atoms with Crippen molar-refractivity contribution in [3.05, 3.63) is 90.3 Å². The molecule has 0 amide bonds. The van der Waals surface area contributed by atoms with Crippen LogP contribution in [0.1, 0.15) is 17.3 Å². The lowest BCUT2D eigenvalue weighted by molar-refractivity contribution is 0.515. The number of rotatable bonds is 6. The van der Waals surface area contributed by atoms with E-state index in [-0.39, 0.29) is 4.90 Å². The van der Waals surface area contributed by atoms with E-state index >= 15 is 0 Å². The molecule has 3 rings (SSSR count). The SMILES string of the molecule is Cn1cccc1C(NS(=O)(=O)c1ccccc1)C(Cl)(Cl)c1ccccc1. The van der Waals surface area contributed by atoms with E-state index in [0.717, 1.165) is 0 Å². The fourth-order valence-corrected chi connectivity index (χ4v) is 4.72. The molecule has 2 aromatic carbocycles. The summed E-state index contributed by atoms with van der Waals surface area (Å²) in [6, 6.07) is 19.9. The van der Waals surface area contributed by atoms with Crippen molar-refractivity contribution in [1.29, 1.82) is 0 Å². The lowest BCUT2D eigenvalue weighted by Crippen LogP contribution is -2.38. The molecule has 3 aromatic rings. The topological polar surface area (TPSA) is 51.1 Å². The standard InChI is InChI=1S/C19H18Cl2N2O2S/c1-23-14-8-13-17(23)18(19(20,21)15-9-4-2-5-10-15)22-26(24,25)16-11-6-3-7-12-16/h2-14,18,22H,1H3. The molecule has 0 bridgehead atoms. The van der Waals surface area contributed by atoms with Gasteiger partial charge in [0, 0.05) is 18.9 Å². The molecule has 0 radical (unpaired) electrons. The van der Waals surface area contributed by atoms with Crippen molar-refractivity contribution < 1.29 is 8.42 Å². The smallest absolute Gasteiger partial charge is 0.241 e. The highest BCUT2D eigenvalue weighted by Crippen LogP contribution is 2.45. The molecule has 0 aliphatic rings. The second-order valence-electron chi connectivity index (χ2n) is 5.90. The van der Waals surface area contributed by atoms with Crippen molar-refractivity contribution in [3.8, 4) is 0 Å². The van der Waals surface area contributed by atoms with Crippen LogP contribution in [0.15, 0.2) is 83.9 Å². The summed E-state index contributed by atoms with van der Waals surface area (Å²) in [5, 5.41) is 0. The summed E-state index contributed by atoms with van der Waals surface area (Å²) in [5.74, 6) is 0. The van der Waals surface area contributed by atoms with Crippen LogP contribution in [-0.4, -0.2) is 13.0 Å². The Bertz CT molecular complexity index is 971. The molecule has 26 heavy (non-hydrogen) atoms. The molecule has 1 aromatic heterocycles. The molecule has 0 fully saturated rings. The minimum atomic E-state index is -3.83. The normalized spacial score (nSPS) is 13.5. The van der Waals surface area contributed by atoms with Gasteiger partial charge in [-0.2, -0.15) is 4.72 Å². The quantitative estimate of drug-likeness (QED) is 0.615. The zero-order chi connectivity index (χ0) is 18.8. The molecule has 0 aliphatic heterocycles. The summed E-state index contributed by atoms with van der Waals surface area (Å²) in [5.41, 5.74) is 1.25. The minimum Gasteiger partial charge on any atom is -0.353 e. The maximum atomic E-state index is 12.9. The number of nitrogens with zero attached hydrogens (tertiary/aromatic N) is 1. The molecule has 1 N–H and O–H groups in total. The Hall–Kier alpha value is -1.79. The Morgan fingerprint density at radius 1 is 0.923 bits per heavy atom. The third-order valence-corrected chi connectivity index (χ3v) is 6.44. The summed E-state index contributed by atoms with van der Waals surface area (Å²) in [6.07, 6.45) is 1.81. The van der Waals surface area contributed by atoms with Gasteiger partial charge in [-0.1, -0.05) is 71.7 Å². The van der Waals surface area contributed by atoms with Crippen molar-refractivity contribution in [2.24, 2.45) is 7.05 Å². The second-order valence-corrected chi connectivity index (χ2v) is 9.00. The van der Waals surface area contributed by atoms with Crippen molar-refractivity contribution in [3.63, 3.8) is 0 Å². The van der Waals surface area contributed by atoms with Gasteiger partial charge in [-0.25, -0.2) is 8.42 Å². The largest absolute Gasteiger partial charge is 0.353 e. The summed E-state index contributed by atoms with van der Waals surface area (Å²) in [4.78, 5) is 0.149. The van der Waals surface area contributed by atoms with E-state index in [1.165, 1.54) is 12.1 Å². The summed E-state index contributed by atoms with van der Waals surface area (Å²) >= 11 is 13.4. The predicted octanol–water partition coefficient (Wildman–Crippen LogP) is 4.38. The average Bonchev–Trinajstić information content (AvgIpc) is 3.07. The van der Waals surface area contributed by atoms with Crippen LogP contribution < -0.4 is 4.72 Å². The maximum absolute atomic E-state index is 12.9. The van der Waals surface area contributed by atoms with Gasteiger partial charge in [0.15, 0.2) is 4.33 Å². The van der Waals surface area contributed by atoms with E-state index in [2.05, 4.69) is 4.72 Å². The van der Waals surface area contributed by atoms with E-state index in [1.807, 2.05) is 37.5 Å². The van der Waals surface area contributed by atoms with Crippen LogP contribution in [0, 0.1) is 0 Å². The third kappa shape index (κ3) is 3.81. The van der Waals surface area contributed by atoms with Gasteiger partial charge in [-0.3, -0.25) is 0 Å². The Kier molecular flexibility index (Phi) is 5.44.